The number of hydrogen-bond donors (Lipinski definition) is 1. The summed E-state index contributed by atoms with van der Waals surface area (Å²) in [6.45, 7) is 3.92. The van der Waals surface area contributed by atoms with Gasteiger partial charge >= 0.3 is 11.9 Å². The van der Waals surface area contributed by atoms with Crippen LogP contribution in [0.3, 0.4) is 0 Å². The minimum Gasteiger partial charge on any atom is -0.462 e. The Labute approximate surface area is 288 Å². The summed E-state index contributed by atoms with van der Waals surface area (Å²) in [5.41, 5.74) is 0. The lowest BCUT2D eigenvalue weighted by Gasteiger charge is -2.15. The molecule has 0 bridgehead atoms. The van der Waals surface area contributed by atoms with E-state index in [-0.39, 0.29) is 25.6 Å². The van der Waals surface area contributed by atoms with E-state index in [4.69, 9.17) is 9.47 Å². The molecule has 0 heterocycles. The van der Waals surface area contributed by atoms with Crippen molar-refractivity contribution in [3.05, 3.63) is 85.1 Å². The van der Waals surface area contributed by atoms with E-state index in [2.05, 4.69) is 86.8 Å². The second kappa shape index (κ2) is 37.5. The summed E-state index contributed by atoms with van der Waals surface area (Å²) in [7, 11) is 0. The number of unbranched alkanes of at least 4 members (excludes halogenated alkanes) is 10. The fourth-order valence-electron chi connectivity index (χ4n) is 4.63. The van der Waals surface area contributed by atoms with Gasteiger partial charge in [0, 0.05) is 12.8 Å². The van der Waals surface area contributed by atoms with Gasteiger partial charge in [-0.1, -0.05) is 144 Å². The van der Waals surface area contributed by atoms with E-state index in [1.54, 1.807) is 0 Å². The Morgan fingerprint density at radius 3 is 1.47 bits per heavy atom. The standard InChI is InChI=1S/C42H68O5/c1-3-5-7-9-11-13-15-17-19-20-21-22-23-25-27-29-31-33-35-37-42(45)47-40(38-43)39-46-41(44)36-34-32-30-28-26-24-18-16-14-12-10-8-6-4-2/h5,7,11,13,16-19,21-22,25,27,31,33,40,43H,3-4,6,8-10,12,14-15,20,23-24,26,28-30,32,34-39H2,1-2H3/b7-5-,13-11-,18-16-,19-17-,22-21-,27-25-,33-31-. The third-order valence-corrected chi connectivity index (χ3v) is 7.44. The van der Waals surface area contributed by atoms with Crippen LogP contribution in [0.25, 0.3) is 0 Å². The molecule has 0 spiro atoms. The quantitative estimate of drug-likeness (QED) is 0.0445. The predicted molar refractivity (Wildman–Crippen MR) is 200 cm³/mol. The maximum absolute atomic E-state index is 12.1. The third kappa shape index (κ3) is 35.8. The highest BCUT2D eigenvalue weighted by Gasteiger charge is 2.15. The van der Waals surface area contributed by atoms with Crippen LogP contribution < -0.4 is 0 Å². The smallest absolute Gasteiger partial charge is 0.306 e. The molecule has 0 aromatic carbocycles. The Morgan fingerprint density at radius 1 is 0.511 bits per heavy atom. The van der Waals surface area contributed by atoms with Gasteiger partial charge in [-0.05, 0) is 77.0 Å². The molecule has 1 unspecified atom stereocenters. The van der Waals surface area contributed by atoms with Crippen LogP contribution in [-0.4, -0.2) is 36.4 Å². The van der Waals surface area contributed by atoms with Crippen molar-refractivity contribution in [2.24, 2.45) is 0 Å². The minimum atomic E-state index is -0.818. The van der Waals surface area contributed by atoms with Crippen LogP contribution in [0.4, 0.5) is 0 Å². The van der Waals surface area contributed by atoms with E-state index in [0.29, 0.717) is 12.8 Å². The zero-order chi connectivity index (χ0) is 34.3. The molecule has 1 N–H and O–H groups in total. The van der Waals surface area contributed by atoms with Crippen molar-refractivity contribution in [1.29, 1.82) is 0 Å². The lowest BCUT2D eigenvalue weighted by molar-refractivity contribution is -0.161. The van der Waals surface area contributed by atoms with Gasteiger partial charge in [-0.15, -0.1) is 0 Å². The summed E-state index contributed by atoms with van der Waals surface area (Å²) in [5, 5.41) is 9.52. The van der Waals surface area contributed by atoms with Gasteiger partial charge in [-0.3, -0.25) is 9.59 Å². The number of hydrogen-bond acceptors (Lipinski definition) is 5. The molecular weight excluding hydrogens is 584 g/mol. The molecule has 5 nitrogen and oxygen atoms in total. The van der Waals surface area contributed by atoms with Gasteiger partial charge in [0.2, 0.25) is 0 Å². The lowest BCUT2D eigenvalue weighted by Crippen LogP contribution is -2.28. The van der Waals surface area contributed by atoms with Crippen LogP contribution in [-0.2, 0) is 19.1 Å². The molecule has 47 heavy (non-hydrogen) atoms. The molecule has 0 fully saturated rings. The first-order chi connectivity index (χ1) is 23.1. The molecule has 266 valence electrons. The van der Waals surface area contributed by atoms with Crippen molar-refractivity contribution >= 4 is 11.9 Å². The minimum absolute atomic E-state index is 0.105. The monoisotopic (exact) mass is 653 g/mol. The molecular formula is C42H68O5. The summed E-state index contributed by atoms with van der Waals surface area (Å²) >= 11 is 0. The summed E-state index contributed by atoms with van der Waals surface area (Å²) in [6.07, 6.45) is 50.8. The molecule has 0 aliphatic heterocycles. The zero-order valence-electron chi connectivity index (χ0n) is 30.0. The van der Waals surface area contributed by atoms with Crippen molar-refractivity contribution in [2.45, 2.75) is 155 Å². The highest BCUT2D eigenvalue weighted by molar-refractivity contribution is 5.70. The molecule has 1 atom stereocenters. The number of esters is 2. The molecule has 0 radical (unpaired) electrons. The number of allylic oxidation sites excluding steroid dienone is 14. The Hall–Kier alpha value is -2.92. The van der Waals surface area contributed by atoms with Gasteiger partial charge in [0.25, 0.3) is 0 Å². The predicted octanol–water partition coefficient (Wildman–Crippen LogP) is 11.6. The molecule has 0 aromatic heterocycles. The fourth-order valence-corrected chi connectivity index (χ4v) is 4.63. The Kier molecular flexibility index (Phi) is 35.2. The molecule has 5 heteroatoms. The Morgan fingerprint density at radius 2 is 0.957 bits per heavy atom. The van der Waals surface area contributed by atoms with Crippen LogP contribution in [0, 0.1) is 0 Å². The highest BCUT2D eigenvalue weighted by atomic mass is 16.6. The molecule has 0 saturated carbocycles. The second-order valence-electron chi connectivity index (χ2n) is 11.9. The van der Waals surface area contributed by atoms with Crippen LogP contribution in [0.15, 0.2) is 85.1 Å². The van der Waals surface area contributed by atoms with E-state index in [1.165, 1.54) is 51.4 Å². The molecule has 0 amide bonds. The molecule has 0 aromatic rings. The van der Waals surface area contributed by atoms with Gasteiger partial charge in [-0.2, -0.15) is 0 Å². The molecule has 0 rings (SSSR count). The van der Waals surface area contributed by atoms with Crippen molar-refractivity contribution in [3.8, 4) is 0 Å². The topological polar surface area (TPSA) is 72.8 Å². The average molecular weight is 653 g/mol. The number of aliphatic hydroxyl groups excluding tert-OH is 1. The average Bonchev–Trinajstić information content (AvgIpc) is 3.07. The second-order valence-corrected chi connectivity index (χ2v) is 11.9. The number of carbonyl (C=O) groups excluding carboxylic acids is 2. The molecule has 0 aliphatic carbocycles. The van der Waals surface area contributed by atoms with E-state index in [0.717, 1.165) is 64.2 Å². The van der Waals surface area contributed by atoms with E-state index in [1.807, 2.05) is 12.2 Å². The number of carbonyl (C=O) groups is 2. The first-order valence-corrected chi connectivity index (χ1v) is 18.6. The third-order valence-electron chi connectivity index (χ3n) is 7.44. The first-order valence-electron chi connectivity index (χ1n) is 18.6. The van der Waals surface area contributed by atoms with Crippen LogP contribution in [0.2, 0.25) is 0 Å². The molecule has 0 aliphatic rings. The molecule has 0 saturated heterocycles. The van der Waals surface area contributed by atoms with Gasteiger partial charge in [-0.25, -0.2) is 0 Å². The van der Waals surface area contributed by atoms with Gasteiger partial charge < -0.3 is 14.6 Å². The van der Waals surface area contributed by atoms with Crippen LogP contribution >= 0.6 is 0 Å². The lowest BCUT2D eigenvalue weighted by atomic mass is 10.1. The van der Waals surface area contributed by atoms with E-state index >= 15 is 0 Å². The Balaban J connectivity index is 3.76. The summed E-state index contributed by atoms with van der Waals surface area (Å²) in [5.74, 6) is -0.708. The maximum Gasteiger partial charge on any atom is 0.306 e. The van der Waals surface area contributed by atoms with Crippen molar-refractivity contribution in [2.75, 3.05) is 13.2 Å². The summed E-state index contributed by atoms with van der Waals surface area (Å²) < 4.78 is 10.5. The number of ether oxygens (including phenoxy) is 2. The number of rotatable bonds is 32. The van der Waals surface area contributed by atoms with Gasteiger partial charge in [0.05, 0.1) is 6.61 Å². The fraction of sp³-hybridized carbons (Fsp3) is 0.619. The van der Waals surface area contributed by atoms with Gasteiger partial charge in [0.15, 0.2) is 6.10 Å². The Bertz CT molecular complexity index is 921. The zero-order valence-corrected chi connectivity index (χ0v) is 30.0. The highest BCUT2D eigenvalue weighted by Crippen LogP contribution is 2.10. The summed E-state index contributed by atoms with van der Waals surface area (Å²) in [4.78, 5) is 24.2. The largest absolute Gasteiger partial charge is 0.462 e. The van der Waals surface area contributed by atoms with Crippen LogP contribution in [0.1, 0.15) is 149 Å². The maximum atomic E-state index is 12.1. The number of aliphatic hydroxyl groups is 1. The van der Waals surface area contributed by atoms with Crippen molar-refractivity contribution in [3.63, 3.8) is 0 Å². The van der Waals surface area contributed by atoms with Crippen molar-refractivity contribution < 1.29 is 24.2 Å². The summed E-state index contributed by atoms with van der Waals surface area (Å²) in [6, 6.07) is 0. The van der Waals surface area contributed by atoms with Crippen LogP contribution in [0.5, 0.6) is 0 Å². The van der Waals surface area contributed by atoms with E-state index in [9.17, 15) is 14.7 Å². The van der Waals surface area contributed by atoms with Crippen molar-refractivity contribution in [1.82, 2.24) is 0 Å². The van der Waals surface area contributed by atoms with E-state index < -0.39 is 12.1 Å². The first kappa shape index (κ1) is 44.1. The van der Waals surface area contributed by atoms with Gasteiger partial charge in [0.1, 0.15) is 6.61 Å². The normalized spacial score (nSPS) is 13.2. The SMILES string of the molecule is CC/C=C\C/C=C\C/C=C\C/C=C\C/C=C\C/C=C\CCC(=O)OC(CO)COC(=O)CCCCCCC/C=C\CCCCCCC.